The van der Waals surface area contributed by atoms with Crippen LogP contribution in [0.3, 0.4) is 0 Å². The molecule has 0 radical (unpaired) electrons. The second-order valence-electron chi connectivity index (χ2n) is 4.26. The summed E-state index contributed by atoms with van der Waals surface area (Å²) >= 11 is 0. The molecule has 0 spiro atoms. The van der Waals surface area contributed by atoms with Crippen LogP contribution in [0.1, 0.15) is 22.0 Å². The summed E-state index contributed by atoms with van der Waals surface area (Å²) < 4.78 is 12.0. The first kappa shape index (κ1) is 13.9. The number of carbonyl (C=O) groups is 1. The minimum absolute atomic E-state index is 0.0576. The van der Waals surface area contributed by atoms with Gasteiger partial charge in [-0.3, -0.25) is 0 Å². The largest absolute Gasteiger partial charge is 0.495 e. The van der Waals surface area contributed by atoms with Gasteiger partial charge in [0.25, 0.3) is 0 Å². The van der Waals surface area contributed by atoms with E-state index in [0.29, 0.717) is 22.8 Å². The number of benzene rings is 1. The van der Waals surface area contributed by atoms with Gasteiger partial charge < -0.3 is 19.8 Å². The Kier molecular flexibility index (Phi) is 3.88. The molecule has 0 aliphatic carbocycles. The van der Waals surface area contributed by atoms with Gasteiger partial charge in [-0.2, -0.15) is 0 Å². The highest BCUT2D eigenvalue weighted by Crippen LogP contribution is 2.22. The minimum atomic E-state index is -0.472. The first-order valence-corrected chi connectivity index (χ1v) is 5.98. The lowest BCUT2D eigenvalue weighted by atomic mass is 10.2. The van der Waals surface area contributed by atoms with Gasteiger partial charge in [0.2, 0.25) is 0 Å². The summed E-state index contributed by atoms with van der Waals surface area (Å²) in [6, 6.07) is 4.74. The van der Waals surface area contributed by atoms with Gasteiger partial charge in [0.1, 0.15) is 11.6 Å². The van der Waals surface area contributed by atoms with E-state index in [1.165, 1.54) is 13.2 Å². The van der Waals surface area contributed by atoms with E-state index in [-0.39, 0.29) is 6.61 Å². The topological polar surface area (TPSA) is 92.3 Å². The number of hydrogen-bond donors (Lipinski definition) is 1. The van der Waals surface area contributed by atoms with Crippen LogP contribution in [0.4, 0.5) is 5.69 Å². The summed E-state index contributed by atoms with van der Waals surface area (Å²) in [5.41, 5.74) is 6.49. The first-order chi connectivity index (χ1) is 9.52. The lowest BCUT2D eigenvalue weighted by molar-refractivity contribution is 0.0458. The Morgan fingerprint density at radius 3 is 2.70 bits per heavy atom. The van der Waals surface area contributed by atoms with Gasteiger partial charge >= 0.3 is 5.97 Å². The fourth-order valence-electron chi connectivity index (χ4n) is 1.65. The van der Waals surface area contributed by atoms with Crippen LogP contribution >= 0.6 is 0 Å². The van der Waals surface area contributed by atoms with Crippen LogP contribution in [-0.4, -0.2) is 27.8 Å². The summed E-state index contributed by atoms with van der Waals surface area (Å²) in [5.74, 6) is 1.38. The molecule has 0 saturated carbocycles. The maximum Gasteiger partial charge on any atom is 0.338 e. The van der Waals surface area contributed by atoms with Crippen molar-refractivity contribution in [2.24, 2.45) is 7.05 Å². The molecule has 2 aromatic rings. The van der Waals surface area contributed by atoms with E-state index < -0.39 is 5.97 Å². The number of esters is 1. The molecule has 0 saturated heterocycles. The molecule has 7 nitrogen and oxygen atoms in total. The molecule has 2 rings (SSSR count). The van der Waals surface area contributed by atoms with E-state index >= 15 is 0 Å². The maximum atomic E-state index is 11.9. The van der Waals surface area contributed by atoms with Crippen LogP contribution in [0, 0.1) is 6.92 Å². The number of rotatable bonds is 4. The van der Waals surface area contributed by atoms with Gasteiger partial charge in [0, 0.05) is 7.05 Å². The normalized spacial score (nSPS) is 10.3. The molecule has 1 aromatic carbocycles. The van der Waals surface area contributed by atoms with Gasteiger partial charge in [-0.1, -0.05) is 0 Å². The van der Waals surface area contributed by atoms with E-state index in [0.717, 1.165) is 5.82 Å². The first-order valence-electron chi connectivity index (χ1n) is 5.98. The predicted octanol–water partition coefficient (Wildman–Crippen LogP) is 1.07. The number of nitrogens with two attached hydrogens (primary N) is 1. The van der Waals surface area contributed by atoms with Crippen molar-refractivity contribution >= 4 is 11.7 Å². The maximum absolute atomic E-state index is 11.9. The second-order valence-corrected chi connectivity index (χ2v) is 4.26. The number of ether oxygens (including phenoxy) is 2. The van der Waals surface area contributed by atoms with Crippen molar-refractivity contribution in [3.05, 3.63) is 35.4 Å². The van der Waals surface area contributed by atoms with Crippen molar-refractivity contribution < 1.29 is 14.3 Å². The van der Waals surface area contributed by atoms with Gasteiger partial charge in [-0.05, 0) is 25.1 Å². The predicted molar refractivity (Wildman–Crippen MR) is 72.3 cm³/mol. The molecule has 20 heavy (non-hydrogen) atoms. The fraction of sp³-hybridized carbons (Fsp3) is 0.308. The van der Waals surface area contributed by atoms with Crippen LogP contribution in [0.25, 0.3) is 0 Å². The minimum Gasteiger partial charge on any atom is -0.495 e. The van der Waals surface area contributed by atoms with Crippen molar-refractivity contribution in [3.8, 4) is 5.75 Å². The number of aromatic nitrogens is 3. The number of nitrogens with zero attached hydrogens (tertiary/aromatic N) is 3. The number of methoxy groups -OCH3 is 1. The molecule has 0 unspecified atom stereocenters. The molecule has 0 fully saturated rings. The molecule has 0 bridgehead atoms. The SMILES string of the molecule is COc1ccc(C(=O)OCc2nnc(C)n2C)cc1N. The monoisotopic (exact) mass is 276 g/mol. The van der Waals surface area contributed by atoms with Crippen molar-refractivity contribution in [3.63, 3.8) is 0 Å². The third-order valence-corrected chi connectivity index (χ3v) is 2.98. The Bertz CT molecular complexity index is 637. The molecular weight excluding hydrogens is 260 g/mol. The average Bonchev–Trinajstić information content (AvgIpc) is 2.76. The Balaban J connectivity index is 2.05. The molecule has 2 N–H and O–H groups in total. The Hall–Kier alpha value is -2.57. The number of carbonyl (C=O) groups excluding carboxylic acids is 1. The van der Waals surface area contributed by atoms with Gasteiger partial charge in [0.05, 0.1) is 18.4 Å². The quantitative estimate of drug-likeness (QED) is 0.663. The van der Waals surface area contributed by atoms with Gasteiger partial charge in [-0.15, -0.1) is 10.2 Å². The molecule has 1 aromatic heterocycles. The molecule has 106 valence electrons. The van der Waals surface area contributed by atoms with Crippen molar-refractivity contribution in [1.29, 1.82) is 0 Å². The highest BCUT2D eigenvalue weighted by molar-refractivity contribution is 5.91. The highest BCUT2D eigenvalue weighted by atomic mass is 16.5. The zero-order valence-corrected chi connectivity index (χ0v) is 11.6. The molecule has 0 aliphatic heterocycles. The van der Waals surface area contributed by atoms with Crippen LogP contribution in [0.5, 0.6) is 5.75 Å². The van der Waals surface area contributed by atoms with Crippen LogP contribution in [0.15, 0.2) is 18.2 Å². The van der Waals surface area contributed by atoms with Crippen molar-refractivity contribution in [2.75, 3.05) is 12.8 Å². The van der Waals surface area contributed by atoms with Crippen LogP contribution in [-0.2, 0) is 18.4 Å². The van der Waals surface area contributed by atoms with E-state index in [9.17, 15) is 4.79 Å². The summed E-state index contributed by atoms with van der Waals surface area (Å²) in [6.07, 6.45) is 0. The zero-order valence-electron chi connectivity index (χ0n) is 11.6. The van der Waals surface area contributed by atoms with Crippen molar-refractivity contribution in [1.82, 2.24) is 14.8 Å². The lowest BCUT2D eigenvalue weighted by Crippen LogP contribution is -2.09. The number of anilines is 1. The average molecular weight is 276 g/mol. The summed E-state index contributed by atoms with van der Waals surface area (Å²) in [5, 5.41) is 7.81. The molecule has 0 aliphatic rings. The molecule has 0 amide bonds. The molecule has 1 heterocycles. The third kappa shape index (κ3) is 2.71. The standard InChI is InChI=1S/C13H16N4O3/c1-8-15-16-12(17(8)2)7-20-13(18)9-4-5-11(19-3)10(14)6-9/h4-6H,7,14H2,1-3H3. The second kappa shape index (κ2) is 5.60. The summed E-state index contributed by atoms with van der Waals surface area (Å²) in [7, 11) is 3.32. The fourth-order valence-corrected chi connectivity index (χ4v) is 1.65. The van der Waals surface area contributed by atoms with Crippen LogP contribution in [0.2, 0.25) is 0 Å². The smallest absolute Gasteiger partial charge is 0.338 e. The van der Waals surface area contributed by atoms with E-state index in [1.54, 1.807) is 16.7 Å². The number of nitrogen functional groups attached to an aromatic ring is 1. The lowest BCUT2D eigenvalue weighted by Gasteiger charge is -2.07. The van der Waals surface area contributed by atoms with Crippen molar-refractivity contribution in [2.45, 2.75) is 13.5 Å². The molecule has 0 atom stereocenters. The van der Waals surface area contributed by atoms with Gasteiger partial charge in [-0.25, -0.2) is 4.79 Å². The van der Waals surface area contributed by atoms with E-state index in [4.69, 9.17) is 15.2 Å². The summed E-state index contributed by atoms with van der Waals surface area (Å²) in [4.78, 5) is 11.9. The summed E-state index contributed by atoms with van der Waals surface area (Å²) in [6.45, 7) is 1.88. The number of hydrogen-bond acceptors (Lipinski definition) is 6. The third-order valence-electron chi connectivity index (χ3n) is 2.98. The van der Waals surface area contributed by atoms with E-state index in [2.05, 4.69) is 10.2 Å². The highest BCUT2D eigenvalue weighted by Gasteiger charge is 2.12. The van der Waals surface area contributed by atoms with Gasteiger partial charge in [0.15, 0.2) is 12.4 Å². The Morgan fingerprint density at radius 2 is 2.15 bits per heavy atom. The zero-order chi connectivity index (χ0) is 14.7. The molecular formula is C13H16N4O3. The number of aryl methyl sites for hydroxylation is 1. The molecule has 7 heteroatoms. The Morgan fingerprint density at radius 1 is 1.40 bits per heavy atom. The van der Waals surface area contributed by atoms with Crippen LogP contribution < -0.4 is 10.5 Å². The Labute approximate surface area is 116 Å². The van der Waals surface area contributed by atoms with E-state index in [1.807, 2.05) is 14.0 Å².